The molecule has 1 fully saturated rings. The van der Waals surface area contributed by atoms with Crippen LogP contribution in [0.1, 0.15) is 361 Å². The van der Waals surface area contributed by atoms with Crippen molar-refractivity contribution in [2.45, 2.75) is 403 Å². The summed E-state index contributed by atoms with van der Waals surface area (Å²) in [7, 11) is 0. The summed E-state index contributed by atoms with van der Waals surface area (Å²) in [5, 5.41) is 54.5. The van der Waals surface area contributed by atoms with Crippen LogP contribution in [0.3, 0.4) is 0 Å². The van der Waals surface area contributed by atoms with E-state index in [0.717, 1.165) is 51.4 Å². The van der Waals surface area contributed by atoms with Crippen LogP contribution in [0.5, 0.6) is 0 Å². The highest BCUT2D eigenvalue weighted by atomic mass is 16.7. The van der Waals surface area contributed by atoms with E-state index in [1.54, 1.807) is 6.08 Å². The predicted octanol–water partition coefficient (Wildman–Crippen LogP) is 17.9. The molecule has 0 aliphatic carbocycles. The summed E-state index contributed by atoms with van der Waals surface area (Å²) in [6.07, 6.45) is 63.5. The van der Waals surface area contributed by atoms with Crippen molar-refractivity contribution in [2.75, 3.05) is 19.8 Å². The number of amides is 1. The van der Waals surface area contributed by atoms with E-state index in [0.29, 0.717) is 19.4 Å². The molecule has 7 unspecified atom stereocenters. The zero-order chi connectivity index (χ0) is 58.7. The van der Waals surface area contributed by atoms with Gasteiger partial charge >= 0.3 is 5.97 Å². The second-order valence-corrected chi connectivity index (χ2v) is 25.0. The van der Waals surface area contributed by atoms with E-state index >= 15 is 0 Å². The monoisotopic (exact) mass is 1150 g/mol. The third-order valence-corrected chi connectivity index (χ3v) is 17.2. The molecule has 0 spiro atoms. The average Bonchev–Trinajstić information content (AvgIpc) is 3.46. The van der Waals surface area contributed by atoms with Crippen LogP contribution in [0.25, 0.3) is 0 Å². The maximum absolute atomic E-state index is 13.1. The van der Waals surface area contributed by atoms with E-state index in [1.165, 1.54) is 283 Å². The van der Waals surface area contributed by atoms with Gasteiger partial charge in [0.05, 0.1) is 32.0 Å². The summed E-state index contributed by atoms with van der Waals surface area (Å²) in [4.78, 5) is 25.1. The fourth-order valence-electron chi connectivity index (χ4n) is 11.6. The van der Waals surface area contributed by atoms with Crippen LogP contribution < -0.4 is 5.32 Å². The lowest BCUT2D eigenvalue weighted by atomic mass is 9.99. The van der Waals surface area contributed by atoms with Crippen molar-refractivity contribution in [1.82, 2.24) is 5.32 Å². The molecule has 11 nitrogen and oxygen atoms in total. The third kappa shape index (κ3) is 49.2. The van der Waals surface area contributed by atoms with E-state index in [1.807, 2.05) is 6.08 Å². The maximum atomic E-state index is 13.1. The molecule has 0 radical (unpaired) electrons. The lowest BCUT2D eigenvalue weighted by Gasteiger charge is -2.40. The molecule has 0 aromatic heterocycles. The summed E-state index contributed by atoms with van der Waals surface area (Å²) in [5.74, 6) is -0.163. The van der Waals surface area contributed by atoms with E-state index in [9.17, 15) is 35.1 Å². The number of hydrogen-bond acceptors (Lipinski definition) is 10. The molecule has 0 aromatic carbocycles. The van der Waals surface area contributed by atoms with E-state index in [4.69, 9.17) is 14.2 Å². The largest absolute Gasteiger partial charge is 0.466 e. The van der Waals surface area contributed by atoms with Crippen molar-refractivity contribution < 1.29 is 49.3 Å². The van der Waals surface area contributed by atoms with Gasteiger partial charge in [-0.05, 0) is 32.1 Å². The summed E-state index contributed by atoms with van der Waals surface area (Å²) < 4.78 is 16.7. The molecule has 1 heterocycles. The number of rotatable bonds is 63. The minimum atomic E-state index is -1.57. The molecule has 0 saturated carbocycles. The fourth-order valence-corrected chi connectivity index (χ4v) is 11.6. The van der Waals surface area contributed by atoms with Crippen LogP contribution in [0.4, 0.5) is 0 Å². The number of ether oxygens (including phenoxy) is 3. The number of allylic oxidation sites excluding steroid dienone is 1. The van der Waals surface area contributed by atoms with E-state index in [2.05, 4.69) is 19.2 Å². The van der Waals surface area contributed by atoms with Crippen LogP contribution in [0.15, 0.2) is 12.2 Å². The van der Waals surface area contributed by atoms with Gasteiger partial charge in [-0.25, -0.2) is 0 Å². The molecular formula is C70H135NO10. The molecule has 1 aliphatic rings. The zero-order valence-electron chi connectivity index (χ0n) is 53.3. The number of carbonyl (C=O) groups excluding carboxylic acids is 2. The first-order valence-corrected chi connectivity index (χ1v) is 35.5. The van der Waals surface area contributed by atoms with Crippen LogP contribution in [-0.2, 0) is 23.8 Å². The quantitative estimate of drug-likeness (QED) is 0.0195. The predicted molar refractivity (Wildman–Crippen MR) is 338 cm³/mol. The van der Waals surface area contributed by atoms with Crippen molar-refractivity contribution in [2.24, 2.45) is 0 Å². The Morgan fingerprint density at radius 2 is 0.778 bits per heavy atom. The van der Waals surface area contributed by atoms with E-state index < -0.39 is 49.5 Å². The molecule has 1 amide bonds. The summed E-state index contributed by atoms with van der Waals surface area (Å²) in [6.45, 7) is 4.38. The Morgan fingerprint density at radius 3 is 1.15 bits per heavy atom. The van der Waals surface area contributed by atoms with Gasteiger partial charge in [0.15, 0.2) is 6.29 Å². The molecule has 6 N–H and O–H groups in total. The smallest absolute Gasteiger partial charge is 0.305 e. The third-order valence-electron chi connectivity index (χ3n) is 17.2. The Balaban J connectivity index is 1.94. The topological polar surface area (TPSA) is 175 Å². The Labute approximate surface area is 499 Å². The van der Waals surface area contributed by atoms with Gasteiger partial charge in [0.25, 0.3) is 0 Å². The van der Waals surface area contributed by atoms with Crippen LogP contribution >= 0.6 is 0 Å². The zero-order valence-corrected chi connectivity index (χ0v) is 53.3. The van der Waals surface area contributed by atoms with Gasteiger partial charge in [0.1, 0.15) is 24.4 Å². The first-order chi connectivity index (χ1) is 39.7. The lowest BCUT2D eigenvalue weighted by Crippen LogP contribution is -2.60. The van der Waals surface area contributed by atoms with Crippen molar-refractivity contribution >= 4 is 11.9 Å². The minimum absolute atomic E-state index is 0.0122. The Bertz CT molecular complexity index is 1350. The number of aliphatic hydroxyl groups excluding tert-OH is 5. The Hall–Kier alpha value is -1.60. The van der Waals surface area contributed by atoms with Crippen molar-refractivity contribution in [3.63, 3.8) is 0 Å². The summed E-state index contributed by atoms with van der Waals surface area (Å²) in [6, 6.07) is -0.806. The molecule has 1 rings (SSSR count). The highest BCUT2D eigenvalue weighted by Crippen LogP contribution is 2.23. The molecule has 81 heavy (non-hydrogen) atoms. The van der Waals surface area contributed by atoms with Gasteiger partial charge in [-0.3, -0.25) is 9.59 Å². The van der Waals surface area contributed by atoms with Crippen LogP contribution in [-0.4, -0.2) is 100 Å². The molecule has 1 saturated heterocycles. The number of esters is 1. The normalized spacial score (nSPS) is 18.2. The first kappa shape index (κ1) is 77.4. The minimum Gasteiger partial charge on any atom is -0.466 e. The van der Waals surface area contributed by atoms with Gasteiger partial charge in [-0.2, -0.15) is 0 Å². The van der Waals surface area contributed by atoms with Crippen LogP contribution in [0, 0.1) is 0 Å². The summed E-state index contributed by atoms with van der Waals surface area (Å²) in [5.41, 5.74) is 0. The molecule has 0 bridgehead atoms. The Morgan fingerprint density at radius 1 is 0.444 bits per heavy atom. The van der Waals surface area contributed by atoms with Gasteiger partial charge < -0.3 is 45.1 Å². The first-order valence-electron chi connectivity index (χ1n) is 35.5. The van der Waals surface area contributed by atoms with Crippen LogP contribution in [0.2, 0.25) is 0 Å². The van der Waals surface area contributed by atoms with E-state index in [-0.39, 0.29) is 18.5 Å². The second-order valence-electron chi connectivity index (χ2n) is 25.0. The molecule has 1 aliphatic heterocycles. The maximum Gasteiger partial charge on any atom is 0.305 e. The number of carbonyl (C=O) groups is 2. The molecular weight excluding hydrogens is 1010 g/mol. The highest BCUT2D eigenvalue weighted by Gasteiger charge is 2.44. The highest BCUT2D eigenvalue weighted by molar-refractivity contribution is 5.76. The summed E-state index contributed by atoms with van der Waals surface area (Å²) >= 11 is 0. The fraction of sp³-hybridized carbons (Fsp3) is 0.943. The van der Waals surface area contributed by atoms with Gasteiger partial charge in [-0.1, -0.05) is 328 Å². The standard InChI is InChI=1S/C70H135NO10/c1-3-5-7-9-11-13-15-37-40-44-48-52-56-63(73)62(61-80-70-69(78)68(77)67(76)64(60-72)81-70)71-65(74)57-53-49-45-41-38-34-32-30-28-26-24-22-20-18-16-17-19-21-23-25-27-29-31-33-35-39-43-47-51-55-59-79-66(75)58-54-50-46-42-36-14-12-10-8-6-4-2/h52,56,62-64,67-70,72-73,76-78H,3-51,53-55,57-61H2,1-2H3,(H,71,74)/b56-52+. The SMILES string of the molecule is CCCCCCCCCCCC/C=C/C(O)C(COC1OC(CO)C(O)C(O)C1O)NC(=O)CCCCCCCCCCCCCCCCCCCCCCCCCCCCCCCCOC(=O)CCCCCCCCCCCCC. The molecule has 480 valence electrons. The van der Waals surface area contributed by atoms with Gasteiger partial charge in [0.2, 0.25) is 5.91 Å². The lowest BCUT2D eigenvalue weighted by molar-refractivity contribution is -0.302. The number of aliphatic hydroxyl groups is 5. The number of hydrogen-bond donors (Lipinski definition) is 6. The van der Waals surface area contributed by atoms with Crippen molar-refractivity contribution in [3.05, 3.63) is 12.2 Å². The Kier molecular flexibility index (Phi) is 57.4. The number of nitrogens with one attached hydrogen (secondary N) is 1. The van der Waals surface area contributed by atoms with Gasteiger partial charge in [-0.15, -0.1) is 0 Å². The van der Waals surface area contributed by atoms with Crippen molar-refractivity contribution in [1.29, 1.82) is 0 Å². The molecule has 0 aromatic rings. The molecule has 11 heteroatoms. The number of unbranched alkanes of at least 4 members (excludes halogenated alkanes) is 49. The average molecular weight is 1150 g/mol. The second kappa shape index (κ2) is 60.1. The van der Waals surface area contributed by atoms with Gasteiger partial charge in [0, 0.05) is 12.8 Å². The molecule has 7 atom stereocenters. The van der Waals surface area contributed by atoms with Crippen molar-refractivity contribution in [3.8, 4) is 0 Å².